The predicted octanol–water partition coefficient (Wildman–Crippen LogP) is 1.53. The molecule has 6 nitrogen and oxygen atoms in total. The normalized spacial score (nSPS) is 10.7. The first kappa shape index (κ1) is 14.3. The van der Waals surface area contributed by atoms with Crippen molar-refractivity contribution in [3.63, 3.8) is 0 Å². The van der Waals surface area contributed by atoms with E-state index in [0.717, 1.165) is 10.6 Å². The Hall–Kier alpha value is -2.67. The van der Waals surface area contributed by atoms with E-state index in [0.29, 0.717) is 12.1 Å². The van der Waals surface area contributed by atoms with E-state index in [9.17, 15) is 9.59 Å². The molecule has 7 heteroatoms. The molecule has 0 spiro atoms. The zero-order valence-electron chi connectivity index (χ0n) is 11.7. The van der Waals surface area contributed by atoms with E-state index < -0.39 is 0 Å². The minimum atomic E-state index is -0.244. The van der Waals surface area contributed by atoms with Crippen LogP contribution in [0.5, 0.6) is 0 Å². The van der Waals surface area contributed by atoms with Gasteiger partial charge in [-0.2, -0.15) is 5.10 Å². The van der Waals surface area contributed by atoms with E-state index in [2.05, 4.69) is 17.0 Å². The van der Waals surface area contributed by atoms with E-state index in [1.165, 1.54) is 9.08 Å². The molecule has 0 unspecified atom stereocenters. The summed E-state index contributed by atoms with van der Waals surface area (Å²) in [6.45, 7) is 3.89. The molecule has 1 amide bonds. The van der Waals surface area contributed by atoms with Crippen molar-refractivity contribution in [3.05, 3.63) is 59.0 Å². The largest absolute Gasteiger partial charge is 0.351 e. The predicted molar refractivity (Wildman–Crippen MR) is 86.0 cm³/mol. The number of carbonyl (C=O) groups excluding carboxylic acids is 1. The number of rotatable bonds is 5. The molecule has 3 aromatic heterocycles. The van der Waals surface area contributed by atoms with Crippen LogP contribution in [0.1, 0.15) is 0 Å². The topological polar surface area (TPSA) is 68.4 Å². The highest BCUT2D eigenvalue weighted by Gasteiger charge is 2.11. The minimum absolute atomic E-state index is 0.0251. The third-order valence-corrected chi connectivity index (χ3v) is 4.03. The van der Waals surface area contributed by atoms with Gasteiger partial charge in [0.1, 0.15) is 17.8 Å². The lowest BCUT2D eigenvalue weighted by atomic mass is 10.3. The summed E-state index contributed by atoms with van der Waals surface area (Å²) in [6.07, 6.45) is 4.83. The molecular weight excluding hydrogens is 300 g/mol. The van der Waals surface area contributed by atoms with Crippen molar-refractivity contribution in [2.24, 2.45) is 0 Å². The fraction of sp³-hybridized carbons (Fsp3) is 0.133. The first-order chi connectivity index (χ1) is 10.7. The summed E-state index contributed by atoms with van der Waals surface area (Å²) >= 11 is 1.56. The van der Waals surface area contributed by atoms with Crippen molar-refractivity contribution in [2.75, 3.05) is 6.54 Å². The summed E-state index contributed by atoms with van der Waals surface area (Å²) < 4.78 is 2.91. The third-order valence-electron chi connectivity index (χ3n) is 3.13. The number of nitrogens with one attached hydrogen (secondary N) is 1. The van der Waals surface area contributed by atoms with Gasteiger partial charge >= 0.3 is 0 Å². The molecule has 0 fully saturated rings. The van der Waals surface area contributed by atoms with Gasteiger partial charge < -0.3 is 9.88 Å². The molecule has 3 aromatic rings. The van der Waals surface area contributed by atoms with Crippen molar-refractivity contribution in [1.82, 2.24) is 19.5 Å². The Bertz CT molecular complexity index is 877. The van der Waals surface area contributed by atoms with Crippen LogP contribution in [0.25, 0.3) is 16.1 Å². The SMILES string of the molecule is C=CCNC(=O)Cn1ccn2nc(-c3cccs3)cc2c1=O. The van der Waals surface area contributed by atoms with Crippen LogP contribution in [0.4, 0.5) is 0 Å². The highest BCUT2D eigenvalue weighted by atomic mass is 32.1. The minimum Gasteiger partial charge on any atom is -0.351 e. The van der Waals surface area contributed by atoms with Gasteiger partial charge in [0.15, 0.2) is 0 Å². The molecule has 1 N–H and O–H groups in total. The second-order valence-corrected chi connectivity index (χ2v) is 5.61. The fourth-order valence-corrected chi connectivity index (χ4v) is 2.77. The molecule has 0 aliphatic carbocycles. The van der Waals surface area contributed by atoms with Crippen molar-refractivity contribution in [3.8, 4) is 10.6 Å². The Balaban J connectivity index is 1.94. The van der Waals surface area contributed by atoms with Gasteiger partial charge in [-0.05, 0) is 17.5 Å². The first-order valence-electron chi connectivity index (χ1n) is 6.69. The molecule has 0 atom stereocenters. The molecule has 0 bridgehead atoms. The van der Waals surface area contributed by atoms with Gasteiger partial charge in [0.25, 0.3) is 5.56 Å². The molecule has 3 rings (SSSR count). The van der Waals surface area contributed by atoms with Crippen LogP contribution in [-0.4, -0.2) is 26.6 Å². The van der Waals surface area contributed by atoms with Gasteiger partial charge in [0.2, 0.25) is 5.91 Å². The molecule has 3 heterocycles. The molecule has 112 valence electrons. The van der Waals surface area contributed by atoms with E-state index >= 15 is 0 Å². The van der Waals surface area contributed by atoms with E-state index in [1.54, 1.807) is 35.9 Å². The highest BCUT2D eigenvalue weighted by molar-refractivity contribution is 7.13. The Morgan fingerprint density at radius 1 is 1.45 bits per heavy atom. The zero-order chi connectivity index (χ0) is 15.5. The summed E-state index contributed by atoms with van der Waals surface area (Å²) in [5.41, 5.74) is 0.954. The van der Waals surface area contributed by atoms with Crippen molar-refractivity contribution < 1.29 is 4.79 Å². The molecular formula is C15H14N4O2S. The lowest BCUT2D eigenvalue weighted by molar-refractivity contribution is -0.121. The fourth-order valence-electron chi connectivity index (χ4n) is 2.09. The Kier molecular flexibility index (Phi) is 3.88. The molecule has 0 aliphatic heterocycles. The van der Waals surface area contributed by atoms with Crippen molar-refractivity contribution in [2.45, 2.75) is 6.54 Å². The number of aromatic nitrogens is 3. The average Bonchev–Trinajstić information content (AvgIpc) is 3.16. The maximum Gasteiger partial charge on any atom is 0.277 e. The van der Waals surface area contributed by atoms with Crippen LogP contribution in [0, 0.1) is 0 Å². The summed E-state index contributed by atoms with van der Waals surface area (Å²) in [5.74, 6) is -0.232. The zero-order valence-corrected chi connectivity index (χ0v) is 12.5. The first-order valence-corrected chi connectivity index (χ1v) is 7.57. The van der Waals surface area contributed by atoms with E-state index in [1.807, 2.05) is 17.5 Å². The van der Waals surface area contributed by atoms with Crippen LogP contribution >= 0.6 is 11.3 Å². The van der Waals surface area contributed by atoms with E-state index in [-0.39, 0.29) is 18.0 Å². The molecule has 0 radical (unpaired) electrons. The summed E-state index contributed by atoms with van der Waals surface area (Å²) in [4.78, 5) is 25.1. The summed E-state index contributed by atoms with van der Waals surface area (Å²) in [6, 6.07) is 5.63. The maximum absolute atomic E-state index is 12.4. The number of fused-ring (bicyclic) bond motifs is 1. The Morgan fingerprint density at radius 3 is 3.05 bits per heavy atom. The van der Waals surface area contributed by atoms with Gasteiger partial charge in [-0.1, -0.05) is 12.1 Å². The molecule has 0 saturated heterocycles. The molecule has 22 heavy (non-hydrogen) atoms. The van der Waals surface area contributed by atoms with Gasteiger partial charge in [-0.3, -0.25) is 9.59 Å². The van der Waals surface area contributed by atoms with Crippen LogP contribution in [0.3, 0.4) is 0 Å². The second kappa shape index (κ2) is 5.98. The Morgan fingerprint density at radius 2 is 2.32 bits per heavy atom. The third kappa shape index (κ3) is 2.71. The second-order valence-electron chi connectivity index (χ2n) is 4.66. The van der Waals surface area contributed by atoms with Gasteiger partial charge in [0, 0.05) is 18.9 Å². The standard InChI is InChI=1S/C15H14N4O2S/c1-2-5-16-14(20)10-18-6-7-19-12(15(18)21)9-11(17-19)13-4-3-8-22-13/h2-4,6-9H,1,5,10H2,(H,16,20). The van der Waals surface area contributed by atoms with Gasteiger partial charge in [-0.15, -0.1) is 17.9 Å². The molecule has 0 saturated carbocycles. The monoisotopic (exact) mass is 314 g/mol. The Labute approximate surface area is 130 Å². The maximum atomic E-state index is 12.4. The van der Waals surface area contributed by atoms with Gasteiger partial charge in [0.05, 0.1) is 4.88 Å². The lowest BCUT2D eigenvalue weighted by Crippen LogP contribution is -2.32. The van der Waals surface area contributed by atoms with Crippen molar-refractivity contribution in [1.29, 1.82) is 0 Å². The smallest absolute Gasteiger partial charge is 0.277 e. The lowest BCUT2D eigenvalue weighted by Gasteiger charge is -2.05. The van der Waals surface area contributed by atoms with Crippen molar-refractivity contribution >= 4 is 22.8 Å². The number of carbonyl (C=O) groups is 1. The van der Waals surface area contributed by atoms with Crippen LogP contribution in [0.2, 0.25) is 0 Å². The summed E-state index contributed by atoms with van der Waals surface area (Å²) in [5, 5.41) is 8.99. The van der Waals surface area contributed by atoms with Crippen LogP contribution in [-0.2, 0) is 11.3 Å². The highest BCUT2D eigenvalue weighted by Crippen LogP contribution is 2.23. The quantitative estimate of drug-likeness (QED) is 0.726. The number of amides is 1. The average molecular weight is 314 g/mol. The van der Waals surface area contributed by atoms with Crippen LogP contribution in [0.15, 0.2) is 53.4 Å². The number of hydrogen-bond acceptors (Lipinski definition) is 4. The number of nitrogens with zero attached hydrogens (tertiary/aromatic N) is 3. The van der Waals surface area contributed by atoms with E-state index in [4.69, 9.17) is 0 Å². The molecule has 0 aromatic carbocycles. The number of hydrogen-bond donors (Lipinski definition) is 1. The summed E-state index contributed by atoms with van der Waals surface area (Å²) in [7, 11) is 0. The van der Waals surface area contributed by atoms with Gasteiger partial charge in [-0.25, -0.2) is 4.52 Å². The number of thiophene rings is 1. The molecule has 0 aliphatic rings. The van der Waals surface area contributed by atoms with Crippen LogP contribution < -0.4 is 10.9 Å².